The minimum atomic E-state index is 0.950. The number of nitrogens with zero attached hydrogens (tertiary/aromatic N) is 1. The second-order valence-corrected chi connectivity index (χ2v) is 5.90. The summed E-state index contributed by atoms with van der Waals surface area (Å²) in [5.41, 5.74) is 8.97. The van der Waals surface area contributed by atoms with E-state index in [0.29, 0.717) is 0 Å². The van der Waals surface area contributed by atoms with E-state index in [4.69, 9.17) is 0 Å². The largest absolute Gasteiger partial charge is 0.288 e. The Morgan fingerprint density at radius 2 is 1.62 bits per heavy atom. The molecule has 0 aliphatic heterocycles. The van der Waals surface area contributed by atoms with Gasteiger partial charge < -0.3 is 0 Å². The van der Waals surface area contributed by atoms with Crippen LogP contribution in [-0.4, -0.2) is 12.8 Å². The molecular weight excluding hydrogens is 290 g/mol. The molecule has 0 saturated carbocycles. The molecule has 128 valence electrons. The monoisotopic (exact) mass is 321 g/mol. The molecule has 0 unspecified atom stereocenters. The van der Waals surface area contributed by atoms with Gasteiger partial charge >= 0.3 is 0 Å². The summed E-state index contributed by atoms with van der Waals surface area (Å²) in [7, 11) is 1.86. The molecule has 1 nitrogen and oxygen atoms in total. The number of benzene rings is 2. The number of aryl methyl sites for hydroxylation is 2. The maximum Gasteiger partial charge on any atom is 0.0669 e. The van der Waals surface area contributed by atoms with E-state index in [2.05, 4.69) is 75.2 Å². The van der Waals surface area contributed by atoms with Gasteiger partial charge in [0, 0.05) is 7.05 Å². The third-order valence-electron chi connectivity index (χ3n) is 4.19. The second kappa shape index (κ2) is 9.87. The normalized spacial score (nSPS) is 11.8. The topological polar surface area (TPSA) is 12.4 Å². The van der Waals surface area contributed by atoms with Crippen molar-refractivity contribution in [1.29, 1.82) is 0 Å². The Bertz CT molecular complexity index is 706. The van der Waals surface area contributed by atoms with Crippen molar-refractivity contribution in [2.75, 3.05) is 7.05 Å². The first-order valence-electron chi connectivity index (χ1n) is 8.79. The minimum Gasteiger partial charge on any atom is -0.288 e. The van der Waals surface area contributed by atoms with Crippen LogP contribution in [0.3, 0.4) is 0 Å². The zero-order chi connectivity index (χ0) is 18.1. The van der Waals surface area contributed by atoms with Crippen molar-refractivity contribution in [3.8, 4) is 0 Å². The Hall–Kier alpha value is -2.15. The van der Waals surface area contributed by atoms with Gasteiger partial charge in [0.05, 0.1) is 5.71 Å². The molecule has 0 aromatic heterocycles. The average molecular weight is 322 g/mol. The smallest absolute Gasteiger partial charge is 0.0669 e. The highest BCUT2D eigenvalue weighted by molar-refractivity contribution is 6.12. The first-order valence-corrected chi connectivity index (χ1v) is 8.79. The fourth-order valence-corrected chi connectivity index (χ4v) is 2.83. The molecular formula is C23H31N. The lowest BCUT2D eigenvalue weighted by molar-refractivity contribution is 1.15. The number of hydrogen-bond acceptors (Lipinski definition) is 1. The number of aliphatic imine (C=N–C) groups is 1. The average Bonchev–Trinajstić information content (AvgIpc) is 2.60. The highest BCUT2D eigenvalue weighted by Crippen LogP contribution is 2.18. The predicted molar refractivity (Wildman–Crippen MR) is 108 cm³/mol. The van der Waals surface area contributed by atoms with Crippen molar-refractivity contribution in [1.82, 2.24) is 0 Å². The zero-order valence-corrected chi connectivity index (χ0v) is 16.3. The van der Waals surface area contributed by atoms with Gasteiger partial charge in [0.25, 0.3) is 0 Å². The quantitative estimate of drug-likeness (QED) is 0.590. The van der Waals surface area contributed by atoms with E-state index < -0.39 is 0 Å². The van der Waals surface area contributed by atoms with Crippen LogP contribution in [0.1, 0.15) is 48.6 Å². The Labute approximate surface area is 148 Å². The standard InChI is InChI=1S/C21H25N.C2H6/c1-15-13-17(3)18(4)20(14-15)12-11-16(2)21(22-5)19-9-7-6-8-10-19;1-2/h6-11,13-14H,12H2,1-5H3;1-2H3/b16-11-,22-21?;. The summed E-state index contributed by atoms with van der Waals surface area (Å²) < 4.78 is 0. The first-order chi connectivity index (χ1) is 11.5. The summed E-state index contributed by atoms with van der Waals surface area (Å²) in [6.45, 7) is 12.7. The molecule has 0 amide bonds. The van der Waals surface area contributed by atoms with Gasteiger partial charge in [0.2, 0.25) is 0 Å². The lowest BCUT2D eigenvalue weighted by atomic mass is 9.96. The van der Waals surface area contributed by atoms with E-state index in [1.54, 1.807) is 0 Å². The van der Waals surface area contributed by atoms with Crippen molar-refractivity contribution < 1.29 is 0 Å². The molecule has 0 fully saturated rings. The van der Waals surface area contributed by atoms with Crippen LogP contribution in [0.2, 0.25) is 0 Å². The molecule has 0 bridgehead atoms. The Balaban J connectivity index is 0.00000139. The van der Waals surface area contributed by atoms with Gasteiger partial charge in [-0.1, -0.05) is 68.0 Å². The van der Waals surface area contributed by atoms with E-state index >= 15 is 0 Å². The van der Waals surface area contributed by atoms with E-state index in [1.165, 1.54) is 33.4 Å². The van der Waals surface area contributed by atoms with Crippen LogP contribution in [0.15, 0.2) is 59.1 Å². The van der Waals surface area contributed by atoms with E-state index in [9.17, 15) is 0 Å². The molecule has 0 spiro atoms. The van der Waals surface area contributed by atoms with Crippen LogP contribution in [0.25, 0.3) is 0 Å². The van der Waals surface area contributed by atoms with Crippen LogP contribution in [-0.2, 0) is 6.42 Å². The van der Waals surface area contributed by atoms with Gasteiger partial charge in [-0.25, -0.2) is 0 Å². The first kappa shape index (κ1) is 19.9. The summed E-state index contributed by atoms with van der Waals surface area (Å²) in [6, 6.07) is 14.9. The van der Waals surface area contributed by atoms with Gasteiger partial charge in [-0.05, 0) is 61.9 Å². The fourth-order valence-electron chi connectivity index (χ4n) is 2.83. The molecule has 2 aromatic rings. The maximum atomic E-state index is 4.48. The summed E-state index contributed by atoms with van der Waals surface area (Å²) in [4.78, 5) is 4.48. The van der Waals surface area contributed by atoms with Crippen molar-refractivity contribution in [3.63, 3.8) is 0 Å². The van der Waals surface area contributed by atoms with Crippen molar-refractivity contribution in [3.05, 3.63) is 81.9 Å². The highest BCUT2D eigenvalue weighted by Gasteiger charge is 2.06. The predicted octanol–water partition coefficient (Wildman–Crippen LogP) is 6.25. The number of rotatable bonds is 4. The molecule has 0 saturated heterocycles. The van der Waals surface area contributed by atoms with Crippen molar-refractivity contribution >= 4 is 5.71 Å². The Morgan fingerprint density at radius 1 is 1.00 bits per heavy atom. The molecule has 0 aliphatic rings. The summed E-state index contributed by atoms with van der Waals surface area (Å²) in [6.07, 6.45) is 3.24. The van der Waals surface area contributed by atoms with Gasteiger partial charge in [0.15, 0.2) is 0 Å². The van der Waals surface area contributed by atoms with Gasteiger partial charge in [-0.2, -0.15) is 0 Å². The summed E-state index contributed by atoms with van der Waals surface area (Å²) in [5.74, 6) is 0. The summed E-state index contributed by atoms with van der Waals surface area (Å²) in [5, 5.41) is 0. The third-order valence-corrected chi connectivity index (χ3v) is 4.19. The van der Waals surface area contributed by atoms with Crippen LogP contribution < -0.4 is 0 Å². The highest BCUT2D eigenvalue weighted by atomic mass is 14.7. The zero-order valence-electron chi connectivity index (χ0n) is 16.3. The molecule has 24 heavy (non-hydrogen) atoms. The van der Waals surface area contributed by atoms with E-state index in [0.717, 1.165) is 12.1 Å². The molecule has 2 rings (SSSR count). The lowest BCUT2D eigenvalue weighted by Crippen LogP contribution is -2.03. The Kier molecular flexibility index (Phi) is 8.18. The summed E-state index contributed by atoms with van der Waals surface area (Å²) >= 11 is 0. The second-order valence-electron chi connectivity index (χ2n) is 5.90. The molecule has 2 aromatic carbocycles. The van der Waals surface area contributed by atoms with Crippen LogP contribution in [0.4, 0.5) is 0 Å². The fraction of sp³-hybridized carbons (Fsp3) is 0.348. The molecule has 0 radical (unpaired) electrons. The van der Waals surface area contributed by atoms with E-state index in [1.807, 2.05) is 27.0 Å². The van der Waals surface area contributed by atoms with Gasteiger partial charge in [-0.15, -0.1) is 0 Å². The van der Waals surface area contributed by atoms with Crippen LogP contribution >= 0.6 is 0 Å². The molecule has 0 N–H and O–H groups in total. The molecule has 0 aliphatic carbocycles. The SMILES string of the molecule is CC.CN=C(/C(C)=C\Cc1cc(C)cc(C)c1C)c1ccccc1. The maximum absolute atomic E-state index is 4.48. The minimum absolute atomic E-state index is 0.950. The van der Waals surface area contributed by atoms with Crippen molar-refractivity contribution in [2.45, 2.75) is 48.0 Å². The third kappa shape index (κ3) is 5.19. The molecule has 0 heterocycles. The van der Waals surface area contributed by atoms with Gasteiger partial charge in [0.1, 0.15) is 0 Å². The number of allylic oxidation sites excluding steroid dienone is 2. The molecule has 0 atom stereocenters. The van der Waals surface area contributed by atoms with Crippen LogP contribution in [0, 0.1) is 20.8 Å². The number of hydrogen-bond donors (Lipinski definition) is 0. The lowest BCUT2D eigenvalue weighted by Gasteiger charge is -2.10. The van der Waals surface area contributed by atoms with Crippen molar-refractivity contribution in [2.24, 2.45) is 4.99 Å². The van der Waals surface area contributed by atoms with Gasteiger partial charge in [-0.3, -0.25) is 4.99 Å². The van der Waals surface area contributed by atoms with Crippen LogP contribution in [0.5, 0.6) is 0 Å². The van der Waals surface area contributed by atoms with E-state index in [-0.39, 0.29) is 0 Å². The Morgan fingerprint density at radius 3 is 2.21 bits per heavy atom. The molecule has 1 heteroatoms.